The Balaban J connectivity index is 1.60. The Hall–Kier alpha value is -2.96. The molecule has 0 spiro atoms. The van der Waals surface area contributed by atoms with Gasteiger partial charge in [-0.3, -0.25) is 14.6 Å². The maximum atomic E-state index is 12.8. The molecule has 0 saturated carbocycles. The second-order valence-corrected chi connectivity index (χ2v) is 6.51. The molecule has 7 nitrogen and oxygen atoms in total. The lowest BCUT2D eigenvalue weighted by atomic mass is 10.2. The van der Waals surface area contributed by atoms with E-state index in [1.807, 2.05) is 18.2 Å². The number of anilines is 1. The number of nitrogens with zero attached hydrogens (tertiary/aromatic N) is 4. The summed E-state index contributed by atoms with van der Waals surface area (Å²) in [5.41, 5.74) is 0.779. The molecule has 0 aliphatic carbocycles. The Morgan fingerprint density at radius 3 is 2.59 bits per heavy atom. The van der Waals surface area contributed by atoms with Crippen LogP contribution in [0, 0.1) is 0 Å². The molecule has 7 heteroatoms. The van der Waals surface area contributed by atoms with E-state index in [0.717, 1.165) is 31.7 Å². The Kier molecular flexibility index (Phi) is 6.35. The molecule has 1 fully saturated rings. The molecule has 1 saturated heterocycles. The smallest absolute Gasteiger partial charge is 0.272 e. The summed E-state index contributed by atoms with van der Waals surface area (Å²) in [5.74, 6) is 0.618. The molecule has 0 atom stereocenters. The molecule has 0 aromatic carbocycles. The second-order valence-electron chi connectivity index (χ2n) is 6.51. The van der Waals surface area contributed by atoms with Gasteiger partial charge in [-0.1, -0.05) is 19.4 Å². The number of rotatable bonds is 6. The number of nitrogens with one attached hydrogen (secondary N) is 1. The van der Waals surface area contributed by atoms with Crippen LogP contribution in [0.4, 0.5) is 5.82 Å². The average molecular weight is 367 g/mol. The third-order valence-corrected chi connectivity index (χ3v) is 4.60. The van der Waals surface area contributed by atoms with Crippen molar-refractivity contribution >= 4 is 17.6 Å². The molecule has 2 aromatic heterocycles. The van der Waals surface area contributed by atoms with Gasteiger partial charge in [-0.25, -0.2) is 4.98 Å². The van der Waals surface area contributed by atoms with Crippen LogP contribution in [0.1, 0.15) is 40.6 Å². The van der Waals surface area contributed by atoms with Crippen molar-refractivity contribution in [2.75, 3.05) is 37.6 Å². The van der Waals surface area contributed by atoms with Gasteiger partial charge in [0.25, 0.3) is 11.8 Å². The highest BCUT2D eigenvalue weighted by molar-refractivity contribution is 5.98. The minimum absolute atomic E-state index is 0.140. The third kappa shape index (κ3) is 4.81. The van der Waals surface area contributed by atoms with E-state index in [2.05, 4.69) is 27.1 Å². The molecule has 1 N–H and O–H groups in total. The van der Waals surface area contributed by atoms with Gasteiger partial charge in [0, 0.05) is 50.7 Å². The van der Waals surface area contributed by atoms with Crippen molar-refractivity contribution in [1.29, 1.82) is 0 Å². The summed E-state index contributed by atoms with van der Waals surface area (Å²) in [5, 5.41) is 2.86. The highest BCUT2D eigenvalue weighted by atomic mass is 16.2. The molecular weight excluding hydrogens is 342 g/mol. The first-order valence-electron chi connectivity index (χ1n) is 9.38. The number of piperazine rings is 1. The molecule has 3 rings (SSSR count). The van der Waals surface area contributed by atoms with E-state index < -0.39 is 0 Å². The average Bonchev–Trinajstić information content (AvgIpc) is 2.74. The van der Waals surface area contributed by atoms with Crippen molar-refractivity contribution in [1.82, 2.24) is 20.2 Å². The van der Waals surface area contributed by atoms with E-state index in [-0.39, 0.29) is 11.8 Å². The number of aromatic nitrogens is 2. The lowest BCUT2D eigenvalue weighted by molar-refractivity contribution is 0.0740. The van der Waals surface area contributed by atoms with E-state index in [1.165, 1.54) is 6.20 Å². The number of hydrogen-bond donors (Lipinski definition) is 1. The van der Waals surface area contributed by atoms with Gasteiger partial charge in [0.1, 0.15) is 11.5 Å². The van der Waals surface area contributed by atoms with Crippen molar-refractivity contribution in [3.8, 4) is 0 Å². The van der Waals surface area contributed by atoms with Crippen LogP contribution < -0.4 is 10.2 Å². The zero-order chi connectivity index (χ0) is 19.1. The Labute approximate surface area is 159 Å². The maximum Gasteiger partial charge on any atom is 0.272 e. The molecule has 0 radical (unpaired) electrons. The first-order chi connectivity index (χ1) is 13.2. The molecule has 0 unspecified atom stereocenters. The number of carbonyl (C=O) groups excluding carboxylic acids is 2. The van der Waals surface area contributed by atoms with Crippen molar-refractivity contribution in [3.63, 3.8) is 0 Å². The van der Waals surface area contributed by atoms with Gasteiger partial charge in [0.05, 0.1) is 0 Å². The fourth-order valence-electron chi connectivity index (χ4n) is 3.01. The summed E-state index contributed by atoms with van der Waals surface area (Å²) in [7, 11) is 0. The number of amides is 2. The summed E-state index contributed by atoms with van der Waals surface area (Å²) in [6.45, 7) is 5.35. The fraction of sp³-hybridized carbons (Fsp3) is 0.400. The van der Waals surface area contributed by atoms with Crippen LogP contribution in [-0.2, 0) is 0 Å². The molecule has 1 aliphatic rings. The highest BCUT2D eigenvalue weighted by Gasteiger charge is 2.24. The second kappa shape index (κ2) is 9.12. The molecule has 3 heterocycles. The van der Waals surface area contributed by atoms with E-state index in [9.17, 15) is 9.59 Å². The molecular formula is C20H25N5O2. The summed E-state index contributed by atoms with van der Waals surface area (Å²) >= 11 is 0. The molecule has 1 aliphatic heterocycles. The van der Waals surface area contributed by atoms with E-state index in [1.54, 1.807) is 23.2 Å². The molecule has 2 aromatic rings. The molecule has 27 heavy (non-hydrogen) atoms. The summed E-state index contributed by atoms with van der Waals surface area (Å²) < 4.78 is 0. The standard InChI is InChI=1S/C20H25N5O2/c1-2-3-8-23-19(26)16-7-10-21-17(15-16)20(27)25-13-11-24(12-14-25)18-6-4-5-9-22-18/h4-7,9-10,15H,2-3,8,11-14H2,1H3,(H,23,26). The highest BCUT2D eigenvalue weighted by Crippen LogP contribution is 2.14. The lowest BCUT2D eigenvalue weighted by Crippen LogP contribution is -2.49. The zero-order valence-corrected chi connectivity index (χ0v) is 15.6. The van der Waals surface area contributed by atoms with Gasteiger partial charge in [-0.15, -0.1) is 0 Å². The van der Waals surface area contributed by atoms with Crippen molar-refractivity contribution in [2.24, 2.45) is 0 Å². The van der Waals surface area contributed by atoms with E-state index >= 15 is 0 Å². The van der Waals surface area contributed by atoms with Gasteiger partial charge >= 0.3 is 0 Å². The monoisotopic (exact) mass is 367 g/mol. The third-order valence-electron chi connectivity index (χ3n) is 4.60. The Morgan fingerprint density at radius 1 is 1.07 bits per heavy atom. The van der Waals surface area contributed by atoms with Gasteiger partial charge in [-0.2, -0.15) is 0 Å². The molecule has 2 amide bonds. The van der Waals surface area contributed by atoms with Crippen LogP contribution in [0.15, 0.2) is 42.7 Å². The number of unbranched alkanes of at least 4 members (excludes halogenated alkanes) is 1. The van der Waals surface area contributed by atoms with Gasteiger partial charge in [0.15, 0.2) is 0 Å². The minimum atomic E-state index is -0.167. The van der Waals surface area contributed by atoms with Crippen LogP contribution >= 0.6 is 0 Å². The molecule has 0 bridgehead atoms. The topological polar surface area (TPSA) is 78.4 Å². The Morgan fingerprint density at radius 2 is 1.89 bits per heavy atom. The first kappa shape index (κ1) is 18.8. The van der Waals surface area contributed by atoms with Crippen molar-refractivity contribution < 1.29 is 9.59 Å². The van der Waals surface area contributed by atoms with Gasteiger partial charge in [0.2, 0.25) is 0 Å². The SMILES string of the molecule is CCCCNC(=O)c1ccnc(C(=O)N2CCN(c3ccccn3)CC2)c1. The molecule has 142 valence electrons. The van der Waals surface area contributed by atoms with Crippen LogP contribution in [0.5, 0.6) is 0 Å². The largest absolute Gasteiger partial charge is 0.353 e. The van der Waals surface area contributed by atoms with Gasteiger partial charge < -0.3 is 15.1 Å². The predicted molar refractivity (Wildman–Crippen MR) is 104 cm³/mol. The zero-order valence-electron chi connectivity index (χ0n) is 15.6. The Bertz CT molecular complexity index is 773. The fourth-order valence-corrected chi connectivity index (χ4v) is 3.01. The van der Waals surface area contributed by atoms with Crippen LogP contribution in [0.25, 0.3) is 0 Å². The van der Waals surface area contributed by atoms with E-state index in [0.29, 0.717) is 30.9 Å². The minimum Gasteiger partial charge on any atom is -0.353 e. The predicted octanol–water partition coefficient (Wildman–Crippen LogP) is 1.97. The number of carbonyl (C=O) groups is 2. The summed E-state index contributed by atoms with van der Waals surface area (Å²) in [4.78, 5) is 37.4. The summed E-state index contributed by atoms with van der Waals surface area (Å²) in [6.07, 6.45) is 5.24. The van der Waals surface area contributed by atoms with E-state index in [4.69, 9.17) is 0 Å². The number of hydrogen-bond acceptors (Lipinski definition) is 5. The van der Waals surface area contributed by atoms with Crippen LogP contribution in [0.3, 0.4) is 0 Å². The van der Waals surface area contributed by atoms with Crippen molar-refractivity contribution in [3.05, 3.63) is 54.0 Å². The lowest BCUT2D eigenvalue weighted by Gasteiger charge is -2.35. The number of pyridine rings is 2. The normalized spacial score (nSPS) is 14.1. The van der Waals surface area contributed by atoms with Crippen LogP contribution in [-0.4, -0.2) is 59.4 Å². The first-order valence-corrected chi connectivity index (χ1v) is 9.38. The summed E-state index contributed by atoms with van der Waals surface area (Å²) in [6, 6.07) is 9.03. The van der Waals surface area contributed by atoms with Crippen LogP contribution in [0.2, 0.25) is 0 Å². The maximum absolute atomic E-state index is 12.8. The van der Waals surface area contributed by atoms with Crippen molar-refractivity contribution in [2.45, 2.75) is 19.8 Å². The van der Waals surface area contributed by atoms with Gasteiger partial charge in [-0.05, 0) is 30.7 Å². The quantitative estimate of drug-likeness (QED) is 0.790.